The minimum Gasteiger partial charge on any atom is -0.394 e. The van der Waals surface area contributed by atoms with Gasteiger partial charge in [-0.2, -0.15) is 0 Å². The summed E-state index contributed by atoms with van der Waals surface area (Å²) in [6, 6.07) is 0. The molecule has 0 radical (unpaired) electrons. The van der Waals surface area contributed by atoms with E-state index in [2.05, 4.69) is 20.6 Å². The fraction of sp³-hybridized carbons (Fsp3) is 0.600. The van der Waals surface area contributed by atoms with Crippen LogP contribution in [0.15, 0.2) is 21.5 Å². The Labute approximate surface area is 117 Å². The SMILES string of the molecule is NC1=NC2N=C(C3OC(CO)C(O)C3(F)F)NC2=C(N)N1. The van der Waals surface area contributed by atoms with Crippen LogP contribution in [-0.2, 0) is 4.74 Å². The highest BCUT2D eigenvalue weighted by molar-refractivity contribution is 5.93. The number of aliphatic hydroxyl groups excluding tert-OH is 2. The Morgan fingerprint density at radius 2 is 2.00 bits per heavy atom. The standard InChI is InChI=1S/C10H14F2N6O3/c11-10(12)4(20)2(1-19)21-5(10)8-15-3-6(13)16-9(14)18-7(3)17-8/h2,4-5,7,19-20H,1,13H2,(H,15,17)(H3,14,16,18). The zero-order chi connectivity index (χ0) is 15.4. The van der Waals surface area contributed by atoms with E-state index in [1.54, 1.807) is 0 Å². The second-order valence-electron chi connectivity index (χ2n) is 4.84. The number of aliphatic hydroxyl groups is 2. The zero-order valence-electron chi connectivity index (χ0n) is 10.6. The van der Waals surface area contributed by atoms with Gasteiger partial charge in [0.05, 0.1) is 6.61 Å². The lowest BCUT2D eigenvalue weighted by Gasteiger charge is -2.20. The Morgan fingerprint density at radius 1 is 1.29 bits per heavy atom. The number of guanidine groups is 1. The number of nitrogens with one attached hydrogen (secondary N) is 2. The number of ether oxygens (including phenoxy) is 1. The van der Waals surface area contributed by atoms with Crippen LogP contribution in [0, 0.1) is 0 Å². The van der Waals surface area contributed by atoms with Gasteiger partial charge in [0.2, 0.25) is 0 Å². The Hall–Kier alpha value is -1.98. The average Bonchev–Trinajstić information content (AvgIpc) is 2.91. The smallest absolute Gasteiger partial charge is 0.308 e. The molecule has 21 heavy (non-hydrogen) atoms. The summed E-state index contributed by atoms with van der Waals surface area (Å²) in [4.78, 5) is 7.86. The first-order valence-electron chi connectivity index (χ1n) is 6.11. The molecule has 3 heterocycles. The van der Waals surface area contributed by atoms with E-state index in [0.29, 0.717) is 0 Å². The van der Waals surface area contributed by atoms with E-state index >= 15 is 0 Å². The molecule has 1 fully saturated rings. The van der Waals surface area contributed by atoms with Crippen molar-refractivity contribution in [1.29, 1.82) is 0 Å². The normalized spacial score (nSPS) is 37.5. The first-order valence-corrected chi connectivity index (χ1v) is 6.11. The monoisotopic (exact) mass is 304 g/mol. The van der Waals surface area contributed by atoms with Crippen LogP contribution >= 0.6 is 0 Å². The number of nitrogens with two attached hydrogens (primary N) is 2. The number of hydrogen-bond acceptors (Lipinski definition) is 9. The maximum atomic E-state index is 14.0. The van der Waals surface area contributed by atoms with E-state index in [0.717, 1.165) is 0 Å². The molecule has 0 bridgehead atoms. The van der Waals surface area contributed by atoms with E-state index in [9.17, 15) is 13.9 Å². The van der Waals surface area contributed by atoms with Gasteiger partial charge in [-0.15, -0.1) is 0 Å². The minimum atomic E-state index is -3.61. The van der Waals surface area contributed by atoms with Crippen molar-refractivity contribution in [3.8, 4) is 0 Å². The first-order chi connectivity index (χ1) is 9.84. The molecule has 0 aromatic carbocycles. The van der Waals surface area contributed by atoms with Gasteiger partial charge in [-0.25, -0.2) is 18.8 Å². The molecule has 0 saturated carbocycles. The van der Waals surface area contributed by atoms with Gasteiger partial charge in [0.25, 0.3) is 0 Å². The molecule has 8 N–H and O–H groups in total. The van der Waals surface area contributed by atoms with Gasteiger partial charge < -0.3 is 37.1 Å². The number of alkyl halides is 2. The van der Waals surface area contributed by atoms with E-state index in [1.807, 2.05) is 0 Å². The number of hydrogen-bond donors (Lipinski definition) is 6. The summed E-state index contributed by atoms with van der Waals surface area (Å²) in [5.74, 6) is -3.70. The molecule has 0 aliphatic carbocycles. The summed E-state index contributed by atoms with van der Waals surface area (Å²) in [6.45, 7) is -0.735. The highest BCUT2D eigenvalue weighted by Gasteiger charge is 2.61. The van der Waals surface area contributed by atoms with Crippen LogP contribution in [-0.4, -0.2) is 59.0 Å². The van der Waals surface area contributed by atoms with Crippen molar-refractivity contribution in [2.45, 2.75) is 30.4 Å². The van der Waals surface area contributed by atoms with Gasteiger partial charge in [0.15, 0.2) is 18.2 Å². The maximum Gasteiger partial charge on any atom is 0.308 e. The molecule has 1 saturated heterocycles. The van der Waals surface area contributed by atoms with Crippen molar-refractivity contribution >= 4 is 11.8 Å². The predicted octanol–water partition coefficient (Wildman–Crippen LogP) is -2.88. The third-order valence-electron chi connectivity index (χ3n) is 3.43. The summed E-state index contributed by atoms with van der Waals surface area (Å²) < 4.78 is 33.0. The van der Waals surface area contributed by atoms with Crippen molar-refractivity contribution in [2.24, 2.45) is 21.5 Å². The Balaban J connectivity index is 1.89. The molecule has 4 atom stereocenters. The van der Waals surface area contributed by atoms with E-state index in [1.165, 1.54) is 0 Å². The lowest BCUT2D eigenvalue weighted by Crippen LogP contribution is -2.47. The molecule has 3 aliphatic rings. The zero-order valence-corrected chi connectivity index (χ0v) is 10.6. The summed E-state index contributed by atoms with van der Waals surface area (Å²) in [7, 11) is 0. The number of halogens is 2. The topological polar surface area (TPSA) is 151 Å². The molecule has 0 aromatic rings. The number of amidine groups is 1. The summed E-state index contributed by atoms with van der Waals surface area (Å²) in [6.07, 6.45) is -6.20. The lowest BCUT2D eigenvalue weighted by molar-refractivity contribution is -0.0947. The van der Waals surface area contributed by atoms with Crippen LogP contribution in [0.25, 0.3) is 0 Å². The second-order valence-corrected chi connectivity index (χ2v) is 4.84. The van der Waals surface area contributed by atoms with Crippen LogP contribution < -0.4 is 22.1 Å². The van der Waals surface area contributed by atoms with Gasteiger partial charge in [0, 0.05) is 0 Å². The highest BCUT2D eigenvalue weighted by atomic mass is 19.3. The van der Waals surface area contributed by atoms with Gasteiger partial charge in [-0.3, -0.25) is 0 Å². The number of nitrogens with zero attached hydrogens (tertiary/aromatic N) is 2. The van der Waals surface area contributed by atoms with E-state index < -0.39 is 37.0 Å². The van der Waals surface area contributed by atoms with Crippen molar-refractivity contribution in [2.75, 3.05) is 6.61 Å². The molecule has 3 aliphatic heterocycles. The lowest BCUT2D eigenvalue weighted by atomic mass is 10.1. The molecule has 3 rings (SSSR count). The number of rotatable bonds is 2. The first kappa shape index (κ1) is 14.0. The van der Waals surface area contributed by atoms with Crippen LogP contribution in [0.2, 0.25) is 0 Å². The van der Waals surface area contributed by atoms with Crippen LogP contribution in [0.3, 0.4) is 0 Å². The molecule has 4 unspecified atom stereocenters. The fourth-order valence-corrected chi connectivity index (χ4v) is 2.37. The molecule has 116 valence electrons. The van der Waals surface area contributed by atoms with Gasteiger partial charge >= 0.3 is 5.92 Å². The minimum absolute atomic E-state index is 0.0143. The summed E-state index contributed by atoms with van der Waals surface area (Å²) in [5, 5.41) is 23.6. The van der Waals surface area contributed by atoms with Crippen LogP contribution in [0.5, 0.6) is 0 Å². The third kappa shape index (κ3) is 2.01. The Morgan fingerprint density at radius 3 is 2.62 bits per heavy atom. The Bertz CT molecular complexity index is 563. The molecule has 0 aromatic heterocycles. The molecular weight excluding hydrogens is 290 g/mol. The molecule has 0 amide bonds. The predicted molar refractivity (Wildman–Crippen MR) is 67.0 cm³/mol. The summed E-state index contributed by atoms with van der Waals surface area (Å²) >= 11 is 0. The second kappa shape index (κ2) is 4.51. The van der Waals surface area contributed by atoms with Crippen molar-refractivity contribution < 1.29 is 23.7 Å². The average molecular weight is 304 g/mol. The molecule has 9 nitrogen and oxygen atoms in total. The van der Waals surface area contributed by atoms with Crippen molar-refractivity contribution in [3.05, 3.63) is 11.5 Å². The van der Waals surface area contributed by atoms with Gasteiger partial charge in [0.1, 0.15) is 29.6 Å². The summed E-state index contributed by atoms with van der Waals surface area (Å²) in [5.41, 5.74) is 11.4. The number of aliphatic imine (C=N–C) groups is 2. The highest BCUT2D eigenvalue weighted by Crippen LogP contribution is 2.38. The largest absolute Gasteiger partial charge is 0.394 e. The van der Waals surface area contributed by atoms with Crippen LogP contribution in [0.1, 0.15) is 0 Å². The van der Waals surface area contributed by atoms with Crippen molar-refractivity contribution in [1.82, 2.24) is 10.6 Å². The van der Waals surface area contributed by atoms with Gasteiger partial charge in [-0.05, 0) is 0 Å². The quantitative estimate of drug-likeness (QED) is 0.320. The fourth-order valence-electron chi connectivity index (χ4n) is 2.37. The third-order valence-corrected chi connectivity index (χ3v) is 3.43. The molecule has 0 spiro atoms. The van der Waals surface area contributed by atoms with Crippen LogP contribution in [0.4, 0.5) is 8.78 Å². The van der Waals surface area contributed by atoms with Gasteiger partial charge in [-0.1, -0.05) is 0 Å². The van der Waals surface area contributed by atoms with E-state index in [4.69, 9.17) is 21.3 Å². The number of fused-ring (bicyclic) bond motifs is 1. The Kier molecular flexibility index (Phi) is 3.00. The molecular formula is C10H14F2N6O3. The molecule has 11 heteroatoms. The van der Waals surface area contributed by atoms with Crippen molar-refractivity contribution in [3.63, 3.8) is 0 Å². The van der Waals surface area contributed by atoms with E-state index in [-0.39, 0.29) is 23.3 Å². The maximum absolute atomic E-state index is 14.0.